The molecule has 0 radical (unpaired) electrons. The Morgan fingerprint density at radius 3 is 2.64 bits per heavy atom. The van der Waals surface area contributed by atoms with Crippen molar-refractivity contribution in [1.29, 1.82) is 0 Å². The summed E-state index contributed by atoms with van der Waals surface area (Å²) in [6, 6.07) is 8.11. The van der Waals surface area contributed by atoms with Crippen molar-refractivity contribution in [3.8, 4) is 0 Å². The molecule has 2 aliphatic rings. The molecular weight excluding hydrogens is 298 g/mol. The first-order valence-electron chi connectivity index (χ1n) is 8.25. The lowest BCUT2D eigenvalue weighted by molar-refractivity contribution is -0.0262. The number of benzene rings is 1. The van der Waals surface area contributed by atoms with Crippen molar-refractivity contribution in [1.82, 2.24) is 15.1 Å². The summed E-state index contributed by atoms with van der Waals surface area (Å²) in [5.41, 5.74) is 0.740. The SMILES string of the molecule is OC1(CN2CCN(Cc3cccc(Cl)c3)CC2)CCCNC1. The number of halogens is 1. The van der Waals surface area contributed by atoms with Crippen LogP contribution in [-0.2, 0) is 6.54 Å². The molecule has 2 saturated heterocycles. The highest BCUT2D eigenvalue weighted by atomic mass is 35.5. The summed E-state index contributed by atoms with van der Waals surface area (Å²) in [5, 5.41) is 14.7. The molecular formula is C17H26ClN3O. The molecule has 0 amide bonds. The fraction of sp³-hybridized carbons (Fsp3) is 0.647. The van der Waals surface area contributed by atoms with E-state index in [-0.39, 0.29) is 0 Å². The maximum absolute atomic E-state index is 10.6. The molecule has 0 bridgehead atoms. The van der Waals surface area contributed by atoms with Gasteiger partial charge in [0.2, 0.25) is 0 Å². The summed E-state index contributed by atoms with van der Waals surface area (Å²) in [5.74, 6) is 0. The monoisotopic (exact) mass is 323 g/mol. The van der Waals surface area contributed by atoms with E-state index in [1.807, 2.05) is 18.2 Å². The minimum Gasteiger partial charge on any atom is -0.387 e. The third kappa shape index (κ3) is 4.43. The van der Waals surface area contributed by atoms with Crippen LogP contribution in [0, 0.1) is 0 Å². The lowest BCUT2D eigenvalue weighted by Gasteiger charge is -2.41. The van der Waals surface area contributed by atoms with Crippen LogP contribution in [0.3, 0.4) is 0 Å². The number of aliphatic hydroxyl groups is 1. The highest BCUT2D eigenvalue weighted by Gasteiger charge is 2.32. The van der Waals surface area contributed by atoms with Gasteiger partial charge in [-0.3, -0.25) is 9.80 Å². The molecule has 2 N–H and O–H groups in total. The molecule has 0 saturated carbocycles. The van der Waals surface area contributed by atoms with E-state index in [4.69, 9.17) is 11.6 Å². The van der Waals surface area contributed by atoms with Gasteiger partial charge in [0.15, 0.2) is 0 Å². The first-order chi connectivity index (χ1) is 10.6. The second kappa shape index (κ2) is 7.28. The Hall–Kier alpha value is -0.650. The van der Waals surface area contributed by atoms with E-state index in [1.165, 1.54) is 5.56 Å². The van der Waals surface area contributed by atoms with Gasteiger partial charge < -0.3 is 10.4 Å². The van der Waals surface area contributed by atoms with E-state index in [9.17, 15) is 5.11 Å². The van der Waals surface area contributed by atoms with Crippen LogP contribution in [0.4, 0.5) is 0 Å². The van der Waals surface area contributed by atoms with Gasteiger partial charge in [-0.15, -0.1) is 0 Å². The Kier molecular flexibility index (Phi) is 5.37. The molecule has 2 aliphatic heterocycles. The summed E-state index contributed by atoms with van der Waals surface area (Å²) in [7, 11) is 0. The molecule has 2 fully saturated rings. The van der Waals surface area contributed by atoms with Gasteiger partial charge in [-0.2, -0.15) is 0 Å². The summed E-state index contributed by atoms with van der Waals surface area (Å²) < 4.78 is 0. The predicted octanol–water partition coefficient (Wildman–Crippen LogP) is 1.57. The lowest BCUT2D eigenvalue weighted by Crippen LogP contribution is -2.56. The molecule has 2 heterocycles. The van der Waals surface area contributed by atoms with Crippen LogP contribution in [0.2, 0.25) is 5.02 Å². The molecule has 0 aromatic heterocycles. The van der Waals surface area contributed by atoms with E-state index < -0.39 is 5.60 Å². The van der Waals surface area contributed by atoms with Crippen molar-refractivity contribution in [2.45, 2.75) is 25.0 Å². The van der Waals surface area contributed by atoms with Crippen LogP contribution in [-0.4, -0.2) is 66.3 Å². The highest BCUT2D eigenvalue weighted by molar-refractivity contribution is 6.30. The summed E-state index contributed by atoms with van der Waals surface area (Å²) >= 11 is 6.05. The van der Waals surface area contributed by atoms with Crippen molar-refractivity contribution in [3.63, 3.8) is 0 Å². The molecule has 1 aromatic carbocycles. The van der Waals surface area contributed by atoms with Crippen LogP contribution in [0.25, 0.3) is 0 Å². The molecule has 1 unspecified atom stereocenters. The van der Waals surface area contributed by atoms with Gasteiger partial charge in [-0.1, -0.05) is 23.7 Å². The van der Waals surface area contributed by atoms with Crippen molar-refractivity contribution >= 4 is 11.6 Å². The zero-order valence-corrected chi connectivity index (χ0v) is 13.9. The number of β-amino-alcohol motifs (C(OH)–C–C–N with tert-alkyl or cyclic N) is 1. The highest BCUT2D eigenvalue weighted by Crippen LogP contribution is 2.19. The smallest absolute Gasteiger partial charge is 0.0898 e. The van der Waals surface area contributed by atoms with E-state index in [2.05, 4.69) is 21.2 Å². The van der Waals surface area contributed by atoms with Gasteiger partial charge >= 0.3 is 0 Å². The fourth-order valence-corrected chi connectivity index (χ4v) is 3.72. The number of nitrogens with zero attached hydrogens (tertiary/aromatic N) is 2. The molecule has 3 rings (SSSR count). The third-order valence-electron chi connectivity index (χ3n) is 4.73. The maximum atomic E-state index is 10.6. The number of hydrogen-bond acceptors (Lipinski definition) is 4. The Morgan fingerprint density at radius 1 is 1.18 bits per heavy atom. The average Bonchev–Trinajstić information content (AvgIpc) is 2.50. The van der Waals surface area contributed by atoms with Gasteiger partial charge in [-0.25, -0.2) is 0 Å². The van der Waals surface area contributed by atoms with Crippen molar-refractivity contribution in [2.75, 3.05) is 45.8 Å². The molecule has 4 nitrogen and oxygen atoms in total. The summed E-state index contributed by atoms with van der Waals surface area (Å²) in [6.45, 7) is 7.69. The predicted molar refractivity (Wildman–Crippen MR) is 90.2 cm³/mol. The first-order valence-corrected chi connectivity index (χ1v) is 8.63. The Labute approximate surface area is 138 Å². The second-order valence-electron chi connectivity index (χ2n) is 6.69. The molecule has 0 aliphatic carbocycles. The Morgan fingerprint density at radius 2 is 1.95 bits per heavy atom. The van der Waals surface area contributed by atoms with Gasteiger partial charge in [0.25, 0.3) is 0 Å². The van der Waals surface area contributed by atoms with Crippen LogP contribution in [0.5, 0.6) is 0 Å². The molecule has 5 heteroatoms. The zero-order valence-electron chi connectivity index (χ0n) is 13.1. The average molecular weight is 324 g/mol. The van der Waals surface area contributed by atoms with Crippen molar-refractivity contribution < 1.29 is 5.11 Å². The zero-order chi connectivity index (χ0) is 15.4. The minimum atomic E-state index is -0.534. The quantitative estimate of drug-likeness (QED) is 0.882. The van der Waals surface area contributed by atoms with Crippen LogP contribution in [0.1, 0.15) is 18.4 Å². The Bertz CT molecular complexity index is 483. The first kappa shape index (κ1) is 16.2. The number of rotatable bonds is 4. The molecule has 1 aromatic rings. The summed E-state index contributed by atoms with van der Waals surface area (Å²) in [6.07, 6.45) is 1.99. The molecule has 1 atom stereocenters. The third-order valence-corrected chi connectivity index (χ3v) is 4.96. The van der Waals surface area contributed by atoms with Crippen molar-refractivity contribution in [3.05, 3.63) is 34.9 Å². The van der Waals surface area contributed by atoms with E-state index in [0.717, 1.165) is 70.2 Å². The summed E-state index contributed by atoms with van der Waals surface area (Å²) in [4.78, 5) is 4.87. The normalized spacial score (nSPS) is 27.9. The topological polar surface area (TPSA) is 38.7 Å². The fourth-order valence-electron chi connectivity index (χ4n) is 3.50. The van der Waals surface area contributed by atoms with Crippen molar-refractivity contribution in [2.24, 2.45) is 0 Å². The van der Waals surface area contributed by atoms with E-state index in [0.29, 0.717) is 0 Å². The molecule has 122 valence electrons. The maximum Gasteiger partial charge on any atom is 0.0898 e. The standard InChI is InChI=1S/C17H26ClN3O/c18-16-4-1-3-15(11-16)12-20-7-9-21(10-8-20)14-17(22)5-2-6-19-13-17/h1,3-4,11,19,22H,2,5-10,12-14H2. The number of piperazine rings is 1. The lowest BCUT2D eigenvalue weighted by atomic mass is 9.93. The second-order valence-corrected chi connectivity index (χ2v) is 7.12. The van der Waals surface area contributed by atoms with Gasteiger partial charge in [-0.05, 0) is 37.1 Å². The van der Waals surface area contributed by atoms with E-state index >= 15 is 0 Å². The number of hydrogen-bond donors (Lipinski definition) is 2. The van der Waals surface area contributed by atoms with Gasteiger partial charge in [0, 0.05) is 50.8 Å². The van der Waals surface area contributed by atoms with Crippen LogP contribution in [0.15, 0.2) is 24.3 Å². The van der Waals surface area contributed by atoms with Crippen LogP contribution < -0.4 is 5.32 Å². The van der Waals surface area contributed by atoms with Crippen LogP contribution >= 0.6 is 11.6 Å². The Balaban J connectivity index is 1.46. The number of nitrogens with one attached hydrogen (secondary N) is 1. The number of piperidine rings is 1. The largest absolute Gasteiger partial charge is 0.387 e. The molecule has 0 spiro atoms. The minimum absolute atomic E-state index is 0.534. The molecule has 22 heavy (non-hydrogen) atoms. The van der Waals surface area contributed by atoms with Gasteiger partial charge in [0.05, 0.1) is 5.60 Å². The van der Waals surface area contributed by atoms with Gasteiger partial charge in [0.1, 0.15) is 0 Å². The van der Waals surface area contributed by atoms with E-state index in [1.54, 1.807) is 0 Å².